The highest BCUT2D eigenvalue weighted by atomic mass is 19.2. The predicted molar refractivity (Wildman–Crippen MR) is 42.2 cm³/mol. The molecule has 0 aliphatic carbocycles. The molecule has 66 valence electrons. The number of rotatable bonds is 0. The zero-order chi connectivity index (χ0) is 9.46. The van der Waals surface area contributed by atoms with Gasteiger partial charge in [-0.2, -0.15) is 5.12 Å². The summed E-state index contributed by atoms with van der Waals surface area (Å²) in [5, 5.41) is 0.0324. The average molecular weight is 175 g/mol. The van der Waals surface area contributed by atoms with Crippen LogP contribution in [0.4, 0.5) is 13.3 Å². The number of allylic oxidation sites excluding steroid dienone is 2. The van der Waals surface area contributed by atoms with Crippen molar-refractivity contribution in [3.05, 3.63) is 22.8 Å². The van der Waals surface area contributed by atoms with Crippen LogP contribution in [0.3, 0.4) is 0 Å². The molecule has 1 aliphatic heterocycles. The Morgan fingerprint density at radius 1 is 1.08 bits per heavy atom. The lowest BCUT2D eigenvalue weighted by molar-refractivity contribution is 0.109. The quantitative estimate of drug-likeness (QED) is 0.404. The standard InChI is InChI=1S/C7H9BF3N/c1-4-6(9)8(3)7(10)5(2)12(4)11/h1-3H3. The third kappa shape index (κ3) is 1.13. The van der Waals surface area contributed by atoms with Crippen LogP contribution in [-0.2, 0) is 0 Å². The van der Waals surface area contributed by atoms with Crippen LogP contribution < -0.4 is 0 Å². The summed E-state index contributed by atoms with van der Waals surface area (Å²) in [6.07, 6.45) is 0. The molecule has 1 aliphatic rings. The summed E-state index contributed by atoms with van der Waals surface area (Å²) in [6, 6.07) is 0. The van der Waals surface area contributed by atoms with Crippen LogP contribution in [0.1, 0.15) is 13.8 Å². The van der Waals surface area contributed by atoms with Gasteiger partial charge in [-0.3, -0.25) is 0 Å². The van der Waals surface area contributed by atoms with Gasteiger partial charge in [-0.05, 0) is 13.8 Å². The van der Waals surface area contributed by atoms with E-state index in [-0.39, 0.29) is 16.5 Å². The van der Waals surface area contributed by atoms with Crippen molar-refractivity contribution in [1.29, 1.82) is 0 Å². The summed E-state index contributed by atoms with van der Waals surface area (Å²) in [5.74, 6) is 0. The topological polar surface area (TPSA) is 3.24 Å². The minimum atomic E-state index is -0.947. The Bertz CT molecular complexity index is 220. The SMILES string of the molecule is CB1C(F)=C(C)N(F)C(C)=C1F. The second kappa shape index (κ2) is 2.88. The first-order valence-electron chi connectivity index (χ1n) is 3.65. The lowest BCUT2D eigenvalue weighted by Gasteiger charge is -2.23. The molecule has 0 radical (unpaired) electrons. The van der Waals surface area contributed by atoms with Crippen molar-refractivity contribution in [3.8, 4) is 0 Å². The molecule has 0 bridgehead atoms. The molecule has 0 N–H and O–H groups in total. The third-order valence-corrected chi connectivity index (χ3v) is 2.04. The molecule has 0 amide bonds. The lowest BCUT2D eigenvalue weighted by atomic mass is 9.48. The largest absolute Gasteiger partial charge is 0.285 e. The lowest BCUT2D eigenvalue weighted by Crippen LogP contribution is -2.26. The highest BCUT2D eigenvalue weighted by Gasteiger charge is 2.32. The average Bonchev–Trinajstić information content (AvgIpc) is 2.08. The normalized spacial score (nSPS) is 19.5. The van der Waals surface area contributed by atoms with E-state index in [9.17, 15) is 13.3 Å². The molecular formula is C7H9BF3N. The maximum absolute atomic E-state index is 13.0. The minimum absolute atomic E-state index is 0.0324. The Balaban J connectivity index is 3.13. The fourth-order valence-electron chi connectivity index (χ4n) is 1.18. The van der Waals surface area contributed by atoms with E-state index in [0.29, 0.717) is 0 Å². The first kappa shape index (κ1) is 9.22. The van der Waals surface area contributed by atoms with Gasteiger partial charge < -0.3 is 0 Å². The number of nitrogens with zero attached hydrogens (tertiary/aromatic N) is 1. The molecule has 0 aromatic carbocycles. The van der Waals surface area contributed by atoms with E-state index in [1.165, 1.54) is 20.7 Å². The van der Waals surface area contributed by atoms with E-state index in [1.54, 1.807) is 0 Å². The molecule has 0 saturated carbocycles. The van der Waals surface area contributed by atoms with E-state index in [2.05, 4.69) is 0 Å². The van der Waals surface area contributed by atoms with E-state index in [4.69, 9.17) is 0 Å². The second-order valence-corrected chi connectivity index (χ2v) is 2.87. The minimum Gasteiger partial charge on any atom is -0.220 e. The van der Waals surface area contributed by atoms with Gasteiger partial charge in [-0.25, -0.2) is 8.78 Å². The van der Waals surface area contributed by atoms with Gasteiger partial charge in [0.1, 0.15) is 0 Å². The molecule has 0 aromatic heterocycles. The molecule has 1 nitrogen and oxygen atoms in total. The Labute approximate surface area is 69.6 Å². The van der Waals surface area contributed by atoms with Crippen LogP contribution in [0.25, 0.3) is 0 Å². The molecule has 12 heavy (non-hydrogen) atoms. The first-order chi connectivity index (χ1) is 5.46. The monoisotopic (exact) mass is 175 g/mol. The van der Waals surface area contributed by atoms with Gasteiger partial charge in [0, 0.05) is 0 Å². The smallest absolute Gasteiger partial charge is 0.220 e. The molecule has 0 aromatic rings. The Morgan fingerprint density at radius 2 is 1.42 bits per heavy atom. The summed E-state index contributed by atoms with van der Waals surface area (Å²) >= 11 is 0. The molecule has 0 atom stereocenters. The summed E-state index contributed by atoms with van der Waals surface area (Å²) in [6.45, 7) is 2.98. The molecule has 1 rings (SSSR count). The van der Waals surface area contributed by atoms with Gasteiger partial charge in [-0.1, -0.05) is 11.3 Å². The van der Waals surface area contributed by atoms with E-state index in [0.717, 1.165) is 0 Å². The molecule has 0 unspecified atom stereocenters. The zero-order valence-electron chi connectivity index (χ0n) is 7.16. The Kier molecular flexibility index (Phi) is 2.21. The van der Waals surface area contributed by atoms with Crippen molar-refractivity contribution in [3.63, 3.8) is 0 Å². The molecule has 1 heterocycles. The second-order valence-electron chi connectivity index (χ2n) is 2.87. The highest BCUT2D eigenvalue weighted by Crippen LogP contribution is 2.30. The molecule has 0 fully saturated rings. The third-order valence-electron chi connectivity index (χ3n) is 2.04. The molecule has 0 spiro atoms. The summed E-state index contributed by atoms with van der Waals surface area (Å²) in [5.41, 5.74) is -1.83. The van der Waals surface area contributed by atoms with Crippen LogP contribution in [0, 0.1) is 0 Å². The van der Waals surface area contributed by atoms with Crippen molar-refractivity contribution in [2.75, 3.05) is 0 Å². The fourth-order valence-corrected chi connectivity index (χ4v) is 1.18. The van der Waals surface area contributed by atoms with Gasteiger partial charge in [0.05, 0.1) is 22.8 Å². The Hall–Kier alpha value is -0.865. The van der Waals surface area contributed by atoms with Gasteiger partial charge >= 0.3 is 0 Å². The number of hydrogen-bond acceptors (Lipinski definition) is 1. The Morgan fingerprint density at radius 3 is 1.75 bits per heavy atom. The summed E-state index contributed by atoms with van der Waals surface area (Å²) in [4.78, 5) is 0. The van der Waals surface area contributed by atoms with Gasteiger partial charge in [0.15, 0.2) is 0 Å². The van der Waals surface area contributed by atoms with Crippen molar-refractivity contribution >= 4 is 6.71 Å². The van der Waals surface area contributed by atoms with E-state index < -0.39 is 18.2 Å². The summed E-state index contributed by atoms with van der Waals surface area (Å²) < 4.78 is 38.8. The molecule has 0 saturated heterocycles. The number of hydrogen-bond donors (Lipinski definition) is 0. The van der Waals surface area contributed by atoms with Crippen LogP contribution in [0.5, 0.6) is 0 Å². The molecule has 5 heteroatoms. The van der Waals surface area contributed by atoms with Crippen LogP contribution in [-0.4, -0.2) is 11.8 Å². The first-order valence-corrected chi connectivity index (χ1v) is 3.65. The fraction of sp³-hybridized carbons (Fsp3) is 0.429. The van der Waals surface area contributed by atoms with E-state index in [1.807, 2.05) is 0 Å². The van der Waals surface area contributed by atoms with Gasteiger partial charge in [0.2, 0.25) is 0 Å². The van der Waals surface area contributed by atoms with Crippen molar-refractivity contribution in [1.82, 2.24) is 5.12 Å². The van der Waals surface area contributed by atoms with Crippen LogP contribution >= 0.6 is 0 Å². The zero-order valence-corrected chi connectivity index (χ0v) is 7.16. The van der Waals surface area contributed by atoms with Gasteiger partial charge in [0.25, 0.3) is 6.71 Å². The maximum Gasteiger partial charge on any atom is 0.285 e. The van der Waals surface area contributed by atoms with Crippen LogP contribution in [0.15, 0.2) is 22.8 Å². The number of halogens is 3. The summed E-state index contributed by atoms with van der Waals surface area (Å²) in [7, 11) is 0. The maximum atomic E-state index is 13.0. The molecular weight excluding hydrogens is 166 g/mol. The van der Waals surface area contributed by atoms with Crippen molar-refractivity contribution < 1.29 is 13.3 Å². The highest BCUT2D eigenvalue weighted by molar-refractivity contribution is 6.71. The van der Waals surface area contributed by atoms with Crippen molar-refractivity contribution in [2.45, 2.75) is 20.7 Å². The van der Waals surface area contributed by atoms with Crippen LogP contribution in [0.2, 0.25) is 6.82 Å². The van der Waals surface area contributed by atoms with E-state index >= 15 is 0 Å². The predicted octanol–water partition coefficient (Wildman–Crippen LogP) is 2.79. The van der Waals surface area contributed by atoms with Crippen molar-refractivity contribution in [2.24, 2.45) is 0 Å². The van der Waals surface area contributed by atoms with Gasteiger partial charge in [-0.15, -0.1) is 0 Å².